The number of hydrogen-bond donors (Lipinski definition) is 2. The molecule has 0 spiro atoms. The summed E-state index contributed by atoms with van der Waals surface area (Å²) in [6.45, 7) is 0. The molecule has 0 aliphatic carbocycles. The van der Waals surface area contributed by atoms with Gasteiger partial charge in [0.25, 0.3) is 5.91 Å². The van der Waals surface area contributed by atoms with Crippen molar-refractivity contribution in [3.63, 3.8) is 0 Å². The molecule has 2 radical (unpaired) electrons. The van der Waals surface area contributed by atoms with Crippen LogP contribution in [0.25, 0.3) is 0 Å². The minimum absolute atomic E-state index is 0.0440. The van der Waals surface area contributed by atoms with Gasteiger partial charge in [-0.05, 0) is 0 Å². The molecule has 1 heterocycles. The van der Waals surface area contributed by atoms with Gasteiger partial charge in [-0.25, -0.2) is 9.97 Å². The minimum atomic E-state index is -0.713. The average molecular weight is 148 g/mol. The number of nitrogens with zero attached hydrogens (tertiary/aromatic N) is 2. The van der Waals surface area contributed by atoms with E-state index >= 15 is 0 Å². The molecule has 0 aliphatic heterocycles. The van der Waals surface area contributed by atoms with Crippen LogP contribution in [-0.4, -0.2) is 23.7 Å². The summed E-state index contributed by atoms with van der Waals surface area (Å²) in [5, 5.41) is 0. The molecule has 0 saturated heterocycles. The summed E-state index contributed by atoms with van der Waals surface area (Å²) in [5.74, 6) is -0.757. The SMILES string of the molecule is [B]c1cnc(C(N)=O)c(N)n1. The highest BCUT2D eigenvalue weighted by molar-refractivity contribution is 6.30. The van der Waals surface area contributed by atoms with Gasteiger partial charge in [0.05, 0.1) is 0 Å². The Labute approximate surface area is 64.2 Å². The molecule has 1 amide bonds. The van der Waals surface area contributed by atoms with Crippen LogP contribution in [0.5, 0.6) is 0 Å². The van der Waals surface area contributed by atoms with Gasteiger partial charge in [-0.2, -0.15) is 0 Å². The number of hydrogen-bond acceptors (Lipinski definition) is 4. The summed E-state index contributed by atoms with van der Waals surface area (Å²) in [4.78, 5) is 17.7. The van der Waals surface area contributed by atoms with Gasteiger partial charge in [0.15, 0.2) is 11.5 Å². The first kappa shape index (κ1) is 7.52. The number of primary amides is 1. The van der Waals surface area contributed by atoms with Crippen LogP contribution in [0.4, 0.5) is 5.82 Å². The predicted octanol–water partition coefficient (Wildman–Crippen LogP) is -2.05. The maximum atomic E-state index is 10.5. The molecule has 0 aromatic carbocycles. The molecule has 1 aromatic heterocycles. The lowest BCUT2D eigenvalue weighted by Gasteiger charge is -1.99. The third kappa shape index (κ3) is 1.46. The van der Waals surface area contributed by atoms with Gasteiger partial charge >= 0.3 is 0 Å². The van der Waals surface area contributed by atoms with E-state index in [4.69, 9.17) is 19.3 Å². The number of nitrogens with two attached hydrogens (primary N) is 2. The van der Waals surface area contributed by atoms with Gasteiger partial charge < -0.3 is 11.5 Å². The number of carbonyl (C=O) groups excluding carboxylic acids is 1. The molecule has 0 saturated carbocycles. The third-order valence-corrected chi connectivity index (χ3v) is 1.05. The van der Waals surface area contributed by atoms with Crippen LogP contribution < -0.4 is 17.1 Å². The van der Waals surface area contributed by atoms with Crippen LogP contribution in [-0.2, 0) is 0 Å². The average Bonchev–Trinajstić information content (AvgIpc) is 1.85. The Kier molecular flexibility index (Phi) is 1.76. The second-order valence-electron chi connectivity index (χ2n) is 1.89. The van der Waals surface area contributed by atoms with E-state index in [1.807, 2.05) is 0 Å². The fourth-order valence-corrected chi connectivity index (χ4v) is 0.608. The molecular weight excluding hydrogens is 143 g/mol. The van der Waals surface area contributed by atoms with E-state index in [-0.39, 0.29) is 17.1 Å². The highest BCUT2D eigenvalue weighted by Gasteiger charge is 2.07. The van der Waals surface area contributed by atoms with Crippen LogP contribution in [0.2, 0.25) is 0 Å². The number of nitrogen functional groups attached to an aromatic ring is 1. The second-order valence-corrected chi connectivity index (χ2v) is 1.89. The number of anilines is 1. The molecule has 0 atom stereocenters. The summed E-state index contributed by atoms with van der Waals surface area (Å²) < 4.78 is 0. The van der Waals surface area contributed by atoms with E-state index in [0.717, 1.165) is 0 Å². The van der Waals surface area contributed by atoms with Gasteiger partial charge in [-0.1, -0.05) is 0 Å². The van der Waals surface area contributed by atoms with Crippen molar-refractivity contribution in [1.29, 1.82) is 0 Å². The molecule has 0 fully saturated rings. The van der Waals surface area contributed by atoms with E-state index < -0.39 is 5.91 Å². The second kappa shape index (κ2) is 2.57. The highest BCUT2D eigenvalue weighted by Crippen LogP contribution is 1.98. The van der Waals surface area contributed by atoms with E-state index in [1.54, 1.807) is 0 Å². The van der Waals surface area contributed by atoms with Gasteiger partial charge in [-0.15, -0.1) is 0 Å². The van der Waals surface area contributed by atoms with Crippen LogP contribution in [0.3, 0.4) is 0 Å². The standard InChI is InChI=1S/C5H5BN4O/c6-2-1-9-3(5(8)11)4(7)10-2/h1H,(H2,7,10)(H2,8,11). The molecule has 11 heavy (non-hydrogen) atoms. The Balaban J connectivity index is 3.20. The molecule has 0 bridgehead atoms. The van der Waals surface area contributed by atoms with E-state index in [0.29, 0.717) is 0 Å². The van der Waals surface area contributed by atoms with Crippen molar-refractivity contribution in [3.8, 4) is 0 Å². The van der Waals surface area contributed by atoms with Crippen molar-refractivity contribution in [2.45, 2.75) is 0 Å². The lowest BCUT2D eigenvalue weighted by molar-refractivity contribution is 0.0996. The fourth-order valence-electron chi connectivity index (χ4n) is 0.608. The smallest absolute Gasteiger partial charge is 0.271 e. The first-order valence-corrected chi connectivity index (χ1v) is 2.79. The molecule has 0 unspecified atom stereocenters. The fraction of sp³-hybridized carbons (Fsp3) is 0. The Hall–Kier alpha value is -1.59. The van der Waals surface area contributed by atoms with Crippen LogP contribution in [0.1, 0.15) is 10.5 Å². The van der Waals surface area contributed by atoms with Gasteiger partial charge in [0.1, 0.15) is 7.85 Å². The normalized spacial score (nSPS) is 9.45. The lowest BCUT2D eigenvalue weighted by atomic mass is 10.1. The molecule has 4 N–H and O–H groups in total. The summed E-state index contributed by atoms with van der Waals surface area (Å²) >= 11 is 0. The number of aromatic nitrogens is 2. The van der Waals surface area contributed by atoms with E-state index in [2.05, 4.69) is 9.97 Å². The Morgan fingerprint density at radius 3 is 2.73 bits per heavy atom. The molecular formula is C5H5BN4O. The maximum Gasteiger partial charge on any atom is 0.271 e. The molecule has 1 rings (SSSR count). The first-order valence-electron chi connectivity index (χ1n) is 2.79. The van der Waals surface area contributed by atoms with Crippen LogP contribution >= 0.6 is 0 Å². The van der Waals surface area contributed by atoms with Gasteiger partial charge in [0.2, 0.25) is 0 Å². The Morgan fingerprint density at radius 2 is 2.27 bits per heavy atom. The monoisotopic (exact) mass is 148 g/mol. The Bertz CT molecular complexity index is 301. The highest BCUT2D eigenvalue weighted by atomic mass is 16.1. The van der Waals surface area contributed by atoms with E-state index in [9.17, 15) is 4.79 Å². The minimum Gasteiger partial charge on any atom is -0.382 e. The topological polar surface area (TPSA) is 94.9 Å². The maximum absolute atomic E-state index is 10.5. The summed E-state index contributed by atoms with van der Waals surface area (Å²) in [5.41, 5.74) is 10.3. The van der Waals surface area contributed by atoms with E-state index in [1.165, 1.54) is 6.20 Å². The number of rotatable bonds is 1. The molecule has 1 aromatic rings. The quantitative estimate of drug-likeness (QED) is 0.448. The van der Waals surface area contributed by atoms with Crippen molar-refractivity contribution in [1.82, 2.24) is 9.97 Å². The van der Waals surface area contributed by atoms with Crippen molar-refractivity contribution < 1.29 is 4.79 Å². The zero-order chi connectivity index (χ0) is 8.43. The lowest BCUT2D eigenvalue weighted by Crippen LogP contribution is -2.21. The molecule has 6 heteroatoms. The molecule has 0 aliphatic rings. The van der Waals surface area contributed by atoms with Gasteiger partial charge in [-0.3, -0.25) is 4.79 Å². The Morgan fingerprint density at radius 1 is 1.64 bits per heavy atom. The van der Waals surface area contributed by atoms with Crippen LogP contribution in [0.15, 0.2) is 6.20 Å². The largest absolute Gasteiger partial charge is 0.382 e. The summed E-state index contributed by atoms with van der Waals surface area (Å²) in [6, 6.07) is 0. The molecule has 54 valence electrons. The van der Waals surface area contributed by atoms with Crippen LogP contribution in [0, 0.1) is 0 Å². The summed E-state index contributed by atoms with van der Waals surface area (Å²) in [6.07, 6.45) is 1.22. The van der Waals surface area contributed by atoms with Crippen molar-refractivity contribution in [2.24, 2.45) is 5.73 Å². The molecule has 5 nitrogen and oxygen atoms in total. The number of carbonyl (C=O) groups is 1. The van der Waals surface area contributed by atoms with Gasteiger partial charge in [0, 0.05) is 11.8 Å². The van der Waals surface area contributed by atoms with Crippen molar-refractivity contribution in [3.05, 3.63) is 11.9 Å². The first-order chi connectivity index (χ1) is 5.11. The zero-order valence-electron chi connectivity index (χ0n) is 5.61. The van der Waals surface area contributed by atoms with Crippen molar-refractivity contribution in [2.75, 3.05) is 5.73 Å². The van der Waals surface area contributed by atoms with Crippen molar-refractivity contribution >= 4 is 25.2 Å². The third-order valence-electron chi connectivity index (χ3n) is 1.05. The number of amides is 1. The predicted molar refractivity (Wildman–Crippen MR) is 40.4 cm³/mol. The zero-order valence-corrected chi connectivity index (χ0v) is 5.61. The summed E-state index contributed by atoms with van der Waals surface area (Å²) in [7, 11) is 5.22.